The number of carbonyl (C=O) groups is 1. The van der Waals surface area contributed by atoms with Crippen molar-refractivity contribution in [2.24, 2.45) is 0 Å². The summed E-state index contributed by atoms with van der Waals surface area (Å²) < 4.78 is 6.45. The fourth-order valence-corrected chi connectivity index (χ4v) is 0.964. The van der Waals surface area contributed by atoms with E-state index in [1.165, 1.54) is 0 Å². The number of hydrogen-bond acceptors (Lipinski definition) is 3. The molecule has 14 heavy (non-hydrogen) atoms. The minimum atomic E-state index is -0.801. The zero-order chi connectivity index (χ0) is 11.0. The molecule has 0 aromatic rings. The van der Waals surface area contributed by atoms with Gasteiger partial charge in [0.25, 0.3) is 0 Å². The first-order valence-corrected chi connectivity index (χ1v) is 5.47. The predicted molar refractivity (Wildman–Crippen MR) is 62.8 cm³/mol. The third-order valence-electron chi connectivity index (χ3n) is 1.32. The van der Waals surface area contributed by atoms with Gasteiger partial charge in [-0.1, -0.05) is 34.1 Å². The van der Waals surface area contributed by atoms with Gasteiger partial charge in [0.05, 0.1) is 6.61 Å². The van der Waals surface area contributed by atoms with Gasteiger partial charge in [-0.15, -0.1) is 0 Å². The van der Waals surface area contributed by atoms with E-state index in [-0.39, 0.29) is 0 Å². The van der Waals surface area contributed by atoms with Gasteiger partial charge in [0.2, 0.25) is 0 Å². The van der Waals surface area contributed by atoms with Gasteiger partial charge >= 0.3 is 5.97 Å². The molecule has 0 fully saturated rings. The molecule has 0 aromatic heterocycles. The van der Waals surface area contributed by atoms with Crippen LogP contribution in [-0.2, 0) is 9.53 Å². The third-order valence-corrected chi connectivity index (χ3v) is 2.38. The smallest absolute Gasteiger partial charge is 0.384 e. The van der Waals surface area contributed by atoms with Gasteiger partial charge in [-0.05, 0) is 17.9 Å². The molecule has 0 rings (SSSR count). The van der Waals surface area contributed by atoms with Gasteiger partial charge in [0.15, 0.2) is 0 Å². The maximum atomic E-state index is 10.8. The van der Waals surface area contributed by atoms with Gasteiger partial charge in [0.1, 0.15) is 6.10 Å². The Morgan fingerprint density at radius 1 is 1.71 bits per heavy atom. The van der Waals surface area contributed by atoms with Crippen LogP contribution in [0, 0.1) is 11.8 Å². The van der Waals surface area contributed by atoms with E-state index in [4.69, 9.17) is 0 Å². The quantitative estimate of drug-likeness (QED) is 0.373. The zero-order valence-electron chi connectivity index (χ0n) is 8.21. The summed E-state index contributed by atoms with van der Waals surface area (Å²) in [4.78, 5) is 10.8. The van der Waals surface area contributed by atoms with Gasteiger partial charge in [-0.3, -0.25) is 0 Å². The van der Waals surface area contributed by atoms with E-state index >= 15 is 0 Å². The monoisotopic (exact) mass is 308 g/mol. The first-order chi connectivity index (χ1) is 6.60. The van der Waals surface area contributed by atoms with Crippen molar-refractivity contribution in [3.8, 4) is 11.8 Å². The second-order valence-electron chi connectivity index (χ2n) is 2.67. The van der Waals surface area contributed by atoms with Gasteiger partial charge in [-0.2, -0.15) is 0 Å². The lowest BCUT2D eigenvalue weighted by Gasteiger charge is -2.01. The minimum Gasteiger partial charge on any atom is -0.456 e. The molecule has 0 aliphatic heterocycles. The molecular formula is C10H13IO3. The molecule has 78 valence electrons. The number of esters is 1. The first-order valence-electron chi connectivity index (χ1n) is 4.22. The number of aliphatic hydroxyl groups is 1. The molecular weight excluding hydrogens is 295 g/mol. The lowest BCUT2D eigenvalue weighted by atomic mass is 10.1. The van der Waals surface area contributed by atoms with Crippen molar-refractivity contribution < 1.29 is 14.6 Å². The van der Waals surface area contributed by atoms with Crippen LogP contribution in [0.25, 0.3) is 0 Å². The molecule has 0 aliphatic rings. The highest BCUT2D eigenvalue weighted by molar-refractivity contribution is 14.1. The van der Waals surface area contributed by atoms with E-state index in [1.54, 1.807) is 6.92 Å². The summed E-state index contributed by atoms with van der Waals surface area (Å²) in [5.41, 5.74) is 1.02. The van der Waals surface area contributed by atoms with E-state index in [9.17, 15) is 9.90 Å². The number of rotatable bonds is 3. The molecule has 4 heteroatoms. The fraction of sp³-hybridized carbons (Fsp3) is 0.500. The van der Waals surface area contributed by atoms with Crippen molar-refractivity contribution in [3.05, 3.63) is 9.66 Å². The Bertz CT molecular complexity index is 273. The molecule has 0 spiro atoms. The highest BCUT2D eigenvalue weighted by Gasteiger charge is 2.01. The largest absolute Gasteiger partial charge is 0.456 e. The maximum Gasteiger partial charge on any atom is 0.384 e. The standard InChI is InChI=1S/C10H13IO3/c1-3-14-10(13)5-4-9(12)6-8(2)7-11/h7,9,12H,3,6H2,1-2H3/b8-7+/t9-/m1/s1. The minimum absolute atomic E-state index is 0.302. The molecule has 0 saturated carbocycles. The number of carbonyl (C=O) groups excluding carboxylic acids is 1. The molecule has 1 atom stereocenters. The Morgan fingerprint density at radius 3 is 2.86 bits per heavy atom. The topological polar surface area (TPSA) is 46.5 Å². The van der Waals surface area contributed by atoms with Crippen LogP contribution >= 0.6 is 22.6 Å². The molecule has 0 saturated heterocycles. The fourth-order valence-electron chi connectivity index (χ4n) is 0.710. The molecule has 3 nitrogen and oxygen atoms in total. The molecule has 0 radical (unpaired) electrons. The Hall–Kier alpha value is -0.540. The van der Waals surface area contributed by atoms with Crippen LogP contribution in [0.15, 0.2) is 9.66 Å². The van der Waals surface area contributed by atoms with Gasteiger partial charge in [-0.25, -0.2) is 4.79 Å². The zero-order valence-corrected chi connectivity index (χ0v) is 10.4. The van der Waals surface area contributed by atoms with Crippen LogP contribution in [0.3, 0.4) is 0 Å². The molecule has 0 aromatic carbocycles. The highest BCUT2D eigenvalue weighted by atomic mass is 127. The van der Waals surface area contributed by atoms with Crippen LogP contribution in [0.2, 0.25) is 0 Å². The second-order valence-corrected chi connectivity index (χ2v) is 3.29. The second kappa shape index (κ2) is 7.83. The number of ether oxygens (including phenoxy) is 1. The summed E-state index contributed by atoms with van der Waals surface area (Å²) in [6.07, 6.45) is -0.347. The van der Waals surface area contributed by atoms with Crippen LogP contribution in [0.4, 0.5) is 0 Å². The summed E-state index contributed by atoms with van der Waals surface area (Å²) in [5, 5.41) is 9.34. The summed E-state index contributed by atoms with van der Waals surface area (Å²) in [7, 11) is 0. The van der Waals surface area contributed by atoms with Gasteiger partial charge in [0, 0.05) is 12.3 Å². The third kappa shape index (κ3) is 6.92. The van der Waals surface area contributed by atoms with Crippen LogP contribution < -0.4 is 0 Å². The van der Waals surface area contributed by atoms with E-state index in [0.717, 1.165) is 5.57 Å². The average Bonchev–Trinajstić information content (AvgIpc) is 2.15. The SMILES string of the molecule is CCOC(=O)C#C[C@@H](O)C/C(C)=C/I. The van der Waals surface area contributed by atoms with Crippen molar-refractivity contribution in [1.82, 2.24) is 0 Å². The highest BCUT2D eigenvalue weighted by Crippen LogP contribution is 2.06. The lowest BCUT2D eigenvalue weighted by Crippen LogP contribution is -2.06. The van der Waals surface area contributed by atoms with Crippen LogP contribution in [-0.4, -0.2) is 23.8 Å². The maximum absolute atomic E-state index is 10.8. The number of aliphatic hydroxyl groups excluding tert-OH is 1. The Kier molecular flexibility index (Phi) is 7.52. The summed E-state index contributed by atoms with van der Waals surface area (Å²) >= 11 is 2.09. The summed E-state index contributed by atoms with van der Waals surface area (Å²) in [6, 6.07) is 0. The van der Waals surface area contributed by atoms with E-state index < -0.39 is 12.1 Å². The van der Waals surface area contributed by atoms with E-state index in [2.05, 4.69) is 39.2 Å². The molecule has 0 amide bonds. The number of halogens is 1. The lowest BCUT2D eigenvalue weighted by molar-refractivity contribution is -0.136. The Labute approximate surface area is 97.7 Å². The van der Waals surface area contributed by atoms with Crippen LogP contribution in [0.5, 0.6) is 0 Å². The molecule has 0 unspecified atom stereocenters. The number of hydrogen-bond donors (Lipinski definition) is 1. The van der Waals surface area contributed by atoms with Crippen molar-refractivity contribution >= 4 is 28.6 Å². The molecule has 0 bridgehead atoms. The Morgan fingerprint density at radius 2 is 2.36 bits per heavy atom. The Balaban J connectivity index is 4.03. The van der Waals surface area contributed by atoms with Gasteiger partial charge < -0.3 is 9.84 Å². The van der Waals surface area contributed by atoms with Crippen molar-refractivity contribution in [2.75, 3.05) is 6.61 Å². The van der Waals surface area contributed by atoms with Crippen molar-refractivity contribution in [1.29, 1.82) is 0 Å². The summed E-state index contributed by atoms with van der Waals surface area (Å²) in [6.45, 7) is 3.90. The molecule has 0 heterocycles. The first kappa shape index (κ1) is 13.5. The van der Waals surface area contributed by atoms with Crippen molar-refractivity contribution in [3.63, 3.8) is 0 Å². The van der Waals surface area contributed by atoms with Crippen molar-refractivity contribution in [2.45, 2.75) is 26.4 Å². The van der Waals surface area contributed by atoms with Crippen LogP contribution in [0.1, 0.15) is 20.3 Å². The summed E-state index contributed by atoms with van der Waals surface area (Å²) in [5.74, 6) is 4.05. The predicted octanol–water partition coefficient (Wildman–Crippen LogP) is 1.64. The molecule has 0 aliphatic carbocycles. The molecule has 1 N–H and O–H groups in total. The average molecular weight is 308 g/mol. The van der Waals surface area contributed by atoms with E-state index in [0.29, 0.717) is 13.0 Å². The normalized spacial score (nSPS) is 12.7. The van der Waals surface area contributed by atoms with E-state index in [1.807, 2.05) is 11.0 Å².